The molecule has 0 saturated heterocycles. The molecule has 0 aromatic heterocycles. The zero-order chi connectivity index (χ0) is 11.4. The van der Waals surface area contributed by atoms with Gasteiger partial charge in [0.1, 0.15) is 24.0 Å². The van der Waals surface area contributed by atoms with Crippen molar-refractivity contribution < 1.29 is 17.9 Å². The summed E-state index contributed by atoms with van der Waals surface area (Å²) in [4.78, 5) is 0. The van der Waals surface area contributed by atoms with Crippen molar-refractivity contribution in [3.05, 3.63) is 29.6 Å². The smallest absolute Gasteiger partial charge is 0.272 e. The Morgan fingerprint density at radius 1 is 1.47 bits per heavy atom. The third-order valence-corrected chi connectivity index (χ3v) is 1.60. The molecule has 0 aliphatic heterocycles. The summed E-state index contributed by atoms with van der Waals surface area (Å²) in [6, 6.07) is 3.17. The molecule has 0 aliphatic carbocycles. The van der Waals surface area contributed by atoms with Crippen molar-refractivity contribution in [2.45, 2.75) is 6.43 Å². The SMILES string of the molecule is N=C(N)c1cc(F)ccc1OCC(F)F. The van der Waals surface area contributed by atoms with E-state index in [4.69, 9.17) is 11.1 Å². The highest BCUT2D eigenvalue weighted by Gasteiger charge is 2.10. The fraction of sp³-hybridized carbons (Fsp3) is 0.222. The zero-order valence-electron chi connectivity index (χ0n) is 7.64. The molecule has 6 heteroatoms. The quantitative estimate of drug-likeness (QED) is 0.597. The monoisotopic (exact) mass is 218 g/mol. The Morgan fingerprint density at radius 3 is 2.67 bits per heavy atom. The van der Waals surface area contributed by atoms with Gasteiger partial charge in [0.25, 0.3) is 6.43 Å². The Balaban J connectivity index is 2.91. The van der Waals surface area contributed by atoms with Gasteiger partial charge in [-0.1, -0.05) is 0 Å². The maximum Gasteiger partial charge on any atom is 0.272 e. The highest BCUT2D eigenvalue weighted by atomic mass is 19.3. The van der Waals surface area contributed by atoms with Crippen LogP contribution in [0, 0.1) is 11.2 Å². The normalized spacial score (nSPS) is 10.4. The van der Waals surface area contributed by atoms with E-state index >= 15 is 0 Å². The number of nitrogens with one attached hydrogen (secondary N) is 1. The minimum atomic E-state index is -2.63. The third kappa shape index (κ3) is 3.16. The average molecular weight is 218 g/mol. The van der Waals surface area contributed by atoms with Crippen LogP contribution in [0.2, 0.25) is 0 Å². The lowest BCUT2D eigenvalue weighted by molar-refractivity contribution is 0.0818. The summed E-state index contributed by atoms with van der Waals surface area (Å²) in [5.41, 5.74) is 5.11. The predicted octanol–water partition coefficient (Wildman–Crippen LogP) is 1.75. The Kier molecular flexibility index (Phi) is 3.54. The first-order valence-corrected chi connectivity index (χ1v) is 4.05. The van der Waals surface area contributed by atoms with Crippen molar-refractivity contribution in [3.63, 3.8) is 0 Å². The van der Waals surface area contributed by atoms with E-state index in [1.807, 2.05) is 0 Å². The maximum atomic E-state index is 12.8. The Bertz CT molecular complexity index is 368. The van der Waals surface area contributed by atoms with Gasteiger partial charge in [0.05, 0.1) is 5.56 Å². The van der Waals surface area contributed by atoms with Crippen LogP contribution in [-0.4, -0.2) is 18.9 Å². The fourth-order valence-corrected chi connectivity index (χ4v) is 0.991. The lowest BCUT2D eigenvalue weighted by Gasteiger charge is -2.09. The maximum absolute atomic E-state index is 12.8. The van der Waals surface area contributed by atoms with E-state index in [0.717, 1.165) is 18.2 Å². The van der Waals surface area contributed by atoms with Gasteiger partial charge < -0.3 is 10.5 Å². The van der Waals surface area contributed by atoms with Crippen LogP contribution in [0.25, 0.3) is 0 Å². The second-order valence-corrected chi connectivity index (χ2v) is 2.76. The average Bonchev–Trinajstić information content (AvgIpc) is 2.15. The number of rotatable bonds is 4. The molecule has 1 rings (SSSR count). The van der Waals surface area contributed by atoms with Crippen LogP contribution in [0.3, 0.4) is 0 Å². The van der Waals surface area contributed by atoms with Gasteiger partial charge in [-0.25, -0.2) is 13.2 Å². The molecular formula is C9H9F3N2O. The van der Waals surface area contributed by atoms with Crippen LogP contribution in [-0.2, 0) is 0 Å². The summed E-state index contributed by atoms with van der Waals surface area (Å²) >= 11 is 0. The molecule has 0 aliphatic rings. The van der Waals surface area contributed by atoms with Gasteiger partial charge in [0.15, 0.2) is 0 Å². The molecule has 1 aromatic carbocycles. The fourth-order valence-electron chi connectivity index (χ4n) is 0.991. The van der Waals surface area contributed by atoms with E-state index in [2.05, 4.69) is 4.74 Å². The summed E-state index contributed by atoms with van der Waals surface area (Å²) in [5.74, 6) is -1.06. The molecule has 0 unspecified atom stereocenters. The van der Waals surface area contributed by atoms with E-state index in [1.165, 1.54) is 0 Å². The first-order valence-electron chi connectivity index (χ1n) is 4.05. The Morgan fingerprint density at radius 2 is 2.13 bits per heavy atom. The van der Waals surface area contributed by atoms with E-state index in [0.29, 0.717) is 0 Å². The molecule has 1 aromatic rings. The minimum Gasteiger partial charge on any atom is -0.487 e. The van der Waals surface area contributed by atoms with Crippen molar-refractivity contribution in [1.82, 2.24) is 0 Å². The lowest BCUT2D eigenvalue weighted by Crippen LogP contribution is -2.15. The number of amidine groups is 1. The number of ether oxygens (including phenoxy) is 1. The van der Waals surface area contributed by atoms with Crippen LogP contribution in [0.1, 0.15) is 5.56 Å². The predicted molar refractivity (Wildman–Crippen MR) is 48.9 cm³/mol. The first-order chi connectivity index (χ1) is 7.00. The second-order valence-electron chi connectivity index (χ2n) is 2.76. The largest absolute Gasteiger partial charge is 0.487 e. The molecule has 0 spiro atoms. The van der Waals surface area contributed by atoms with E-state index in [1.54, 1.807) is 0 Å². The number of hydrogen-bond acceptors (Lipinski definition) is 2. The van der Waals surface area contributed by atoms with Crippen LogP contribution in [0.4, 0.5) is 13.2 Å². The lowest BCUT2D eigenvalue weighted by atomic mass is 10.2. The molecule has 0 fully saturated rings. The van der Waals surface area contributed by atoms with Gasteiger partial charge >= 0.3 is 0 Å². The third-order valence-electron chi connectivity index (χ3n) is 1.60. The number of nitrogens with two attached hydrogens (primary N) is 1. The van der Waals surface area contributed by atoms with Crippen LogP contribution in [0.15, 0.2) is 18.2 Å². The van der Waals surface area contributed by atoms with Gasteiger partial charge in [-0.3, -0.25) is 5.41 Å². The summed E-state index contributed by atoms with van der Waals surface area (Å²) in [5, 5.41) is 7.10. The van der Waals surface area contributed by atoms with Gasteiger partial charge in [-0.15, -0.1) is 0 Å². The minimum absolute atomic E-state index is 0.0239. The molecule has 15 heavy (non-hydrogen) atoms. The second kappa shape index (κ2) is 4.68. The molecule has 0 amide bonds. The zero-order valence-corrected chi connectivity index (χ0v) is 7.64. The molecule has 0 saturated carbocycles. The van der Waals surface area contributed by atoms with Crippen LogP contribution >= 0.6 is 0 Å². The van der Waals surface area contributed by atoms with Crippen molar-refractivity contribution in [1.29, 1.82) is 5.41 Å². The van der Waals surface area contributed by atoms with E-state index in [9.17, 15) is 13.2 Å². The summed E-state index contributed by atoms with van der Waals surface area (Å²) in [6.07, 6.45) is -2.63. The topological polar surface area (TPSA) is 59.1 Å². The summed E-state index contributed by atoms with van der Waals surface area (Å²) in [7, 11) is 0. The molecule has 0 bridgehead atoms. The van der Waals surface area contributed by atoms with Gasteiger partial charge in [-0.05, 0) is 18.2 Å². The Hall–Kier alpha value is -1.72. The number of benzene rings is 1. The van der Waals surface area contributed by atoms with Crippen LogP contribution in [0.5, 0.6) is 5.75 Å². The molecular weight excluding hydrogens is 209 g/mol. The van der Waals surface area contributed by atoms with E-state index < -0.39 is 24.7 Å². The highest BCUT2D eigenvalue weighted by Crippen LogP contribution is 2.19. The molecule has 82 valence electrons. The number of nitrogen functional groups attached to an aromatic ring is 1. The molecule has 0 radical (unpaired) electrons. The summed E-state index contributed by atoms with van der Waals surface area (Å²) < 4.78 is 41.1. The number of halogens is 3. The standard InChI is InChI=1S/C9H9F3N2O/c10-5-1-2-7(15-4-8(11)12)6(3-5)9(13)14/h1-3,8H,4H2,(H3,13,14). The molecule has 0 atom stereocenters. The van der Waals surface area contributed by atoms with Crippen molar-refractivity contribution >= 4 is 5.84 Å². The molecule has 3 nitrogen and oxygen atoms in total. The van der Waals surface area contributed by atoms with Gasteiger partial charge in [0.2, 0.25) is 0 Å². The van der Waals surface area contributed by atoms with E-state index in [-0.39, 0.29) is 11.3 Å². The van der Waals surface area contributed by atoms with Crippen molar-refractivity contribution in [2.75, 3.05) is 6.61 Å². The number of hydrogen-bond donors (Lipinski definition) is 2. The van der Waals surface area contributed by atoms with Gasteiger partial charge in [-0.2, -0.15) is 0 Å². The highest BCUT2D eigenvalue weighted by molar-refractivity contribution is 5.97. The van der Waals surface area contributed by atoms with Gasteiger partial charge in [0, 0.05) is 0 Å². The first kappa shape index (κ1) is 11.4. The summed E-state index contributed by atoms with van der Waals surface area (Å²) in [6.45, 7) is -0.814. The Labute approximate surface area is 84.2 Å². The van der Waals surface area contributed by atoms with Crippen molar-refractivity contribution in [2.24, 2.45) is 5.73 Å². The number of alkyl halides is 2. The van der Waals surface area contributed by atoms with Crippen LogP contribution < -0.4 is 10.5 Å². The molecule has 0 heterocycles. The molecule has 3 N–H and O–H groups in total. The van der Waals surface area contributed by atoms with Crippen molar-refractivity contribution in [3.8, 4) is 5.75 Å².